The lowest BCUT2D eigenvalue weighted by atomic mass is 9.35. The molecule has 222 valence electrons. The van der Waals surface area contributed by atoms with Gasteiger partial charge in [0.1, 0.15) is 12.5 Å². The Morgan fingerprint density at radius 1 is 1.02 bits per heavy atom. The fraction of sp³-hybridized carbons (Fsp3) is 0.758. The van der Waals surface area contributed by atoms with Gasteiger partial charge in [-0.15, -0.1) is 0 Å². The van der Waals surface area contributed by atoms with E-state index in [-0.39, 0.29) is 34.4 Å². The first-order valence-electron chi connectivity index (χ1n) is 15.2. The number of nitrogens with zero attached hydrogens (tertiary/aromatic N) is 1. The molecule has 6 rings (SSSR count). The zero-order chi connectivity index (χ0) is 30.0. The van der Waals surface area contributed by atoms with Gasteiger partial charge < -0.3 is 5.32 Å². The van der Waals surface area contributed by atoms with E-state index in [1.54, 1.807) is 6.08 Å². The van der Waals surface area contributed by atoms with Gasteiger partial charge in [0.15, 0.2) is 11.6 Å². The molecule has 0 unspecified atom stereocenters. The number of hydrogen-bond acceptors (Lipinski definition) is 4. The van der Waals surface area contributed by atoms with Gasteiger partial charge in [-0.1, -0.05) is 46.3 Å². The Kier molecular flexibility index (Phi) is 5.84. The molecule has 0 heterocycles. The maximum absolute atomic E-state index is 14.4. The highest BCUT2D eigenvalue weighted by molar-refractivity contribution is 6.06. The van der Waals surface area contributed by atoms with Gasteiger partial charge in [-0.05, 0) is 91.9 Å². The summed E-state index contributed by atoms with van der Waals surface area (Å²) in [4.78, 5) is 40.4. The van der Waals surface area contributed by atoms with Crippen LogP contribution in [-0.4, -0.2) is 29.2 Å². The van der Waals surface area contributed by atoms with Crippen LogP contribution in [-0.2, 0) is 14.4 Å². The molecule has 0 bridgehead atoms. The molecule has 0 aromatic carbocycles. The second-order valence-corrected chi connectivity index (χ2v) is 15.7. The Balaban J connectivity index is 1.46. The maximum Gasteiger partial charge on any atom is 0.397 e. The summed E-state index contributed by atoms with van der Waals surface area (Å²) in [6.45, 7) is 10.8. The summed E-state index contributed by atoms with van der Waals surface area (Å²) in [7, 11) is 0. The number of halogens is 3. The summed E-state index contributed by atoms with van der Waals surface area (Å²) in [6, 6.07) is 2.16. The Labute approximate surface area is 240 Å². The van der Waals surface area contributed by atoms with E-state index >= 15 is 0 Å². The molecule has 0 aromatic rings. The summed E-state index contributed by atoms with van der Waals surface area (Å²) < 4.78 is 39.5. The number of hydrogen-bond donors (Lipinski definition) is 1. The third-order valence-corrected chi connectivity index (χ3v) is 13.1. The molecule has 6 aliphatic rings. The first-order chi connectivity index (χ1) is 18.9. The van der Waals surface area contributed by atoms with Crippen LogP contribution in [0.25, 0.3) is 0 Å². The zero-order valence-corrected chi connectivity index (χ0v) is 24.8. The Morgan fingerprint density at radius 2 is 1.68 bits per heavy atom. The van der Waals surface area contributed by atoms with Gasteiger partial charge in [-0.2, -0.15) is 18.4 Å². The topological polar surface area (TPSA) is 87.0 Å². The van der Waals surface area contributed by atoms with E-state index in [1.807, 2.05) is 6.08 Å². The van der Waals surface area contributed by atoms with E-state index in [9.17, 15) is 32.8 Å². The Morgan fingerprint density at radius 3 is 2.29 bits per heavy atom. The number of nitriles is 1. The van der Waals surface area contributed by atoms with E-state index in [0.29, 0.717) is 25.7 Å². The molecular formula is C33H41F3N2O3. The molecule has 8 heteroatoms. The number of amides is 1. The molecule has 5 nitrogen and oxygen atoms in total. The van der Waals surface area contributed by atoms with E-state index in [4.69, 9.17) is 0 Å². The van der Waals surface area contributed by atoms with Gasteiger partial charge in [0.2, 0.25) is 5.91 Å². The molecule has 1 spiro atoms. The van der Waals surface area contributed by atoms with E-state index in [2.05, 4.69) is 46.0 Å². The minimum Gasteiger partial charge on any atom is -0.350 e. The molecule has 41 heavy (non-hydrogen) atoms. The van der Waals surface area contributed by atoms with Gasteiger partial charge in [0, 0.05) is 22.3 Å². The summed E-state index contributed by atoms with van der Waals surface area (Å²) in [5.74, 6) is -1.74. The van der Waals surface area contributed by atoms with Gasteiger partial charge in [-0.25, -0.2) is 0 Å². The number of carbonyl (C=O) groups is 3. The van der Waals surface area contributed by atoms with Crippen molar-refractivity contribution in [3.05, 3.63) is 23.3 Å². The zero-order valence-electron chi connectivity index (χ0n) is 24.8. The first kappa shape index (κ1) is 28.7. The van der Waals surface area contributed by atoms with Crippen LogP contribution in [0.15, 0.2) is 23.3 Å². The molecule has 7 atom stereocenters. The third-order valence-electron chi connectivity index (χ3n) is 13.1. The number of carbonyl (C=O) groups excluding carboxylic acids is 3. The van der Waals surface area contributed by atoms with Gasteiger partial charge in [0.05, 0.1) is 5.57 Å². The number of nitrogens with one attached hydrogen (secondary N) is 1. The predicted molar refractivity (Wildman–Crippen MR) is 146 cm³/mol. The first-order valence-corrected chi connectivity index (χ1v) is 15.2. The van der Waals surface area contributed by atoms with Crippen LogP contribution < -0.4 is 5.32 Å². The normalized spacial score (nSPS) is 43.8. The van der Waals surface area contributed by atoms with Crippen LogP contribution in [0, 0.1) is 56.2 Å². The quantitative estimate of drug-likeness (QED) is 0.397. The van der Waals surface area contributed by atoms with Crippen LogP contribution in [0.1, 0.15) is 98.8 Å². The number of allylic oxidation sites excluding steroid dienone is 4. The van der Waals surface area contributed by atoms with E-state index in [1.165, 1.54) is 0 Å². The van der Waals surface area contributed by atoms with Crippen molar-refractivity contribution in [2.75, 3.05) is 0 Å². The van der Waals surface area contributed by atoms with E-state index in [0.717, 1.165) is 37.7 Å². The van der Waals surface area contributed by atoms with Crippen LogP contribution in [0.5, 0.6) is 0 Å². The second-order valence-electron chi connectivity index (χ2n) is 15.7. The number of fused-ring (bicyclic) bond motifs is 8. The minimum absolute atomic E-state index is 0.0210. The number of Topliss-reactive ketones (excluding diaryl/α,β-unsaturated/α-hetero) is 1. The average molecular weight is 571 g/mol. The smallest absolute Gasteiger partial charge is 0.350 e. The number of ketones is 2. The number of alkyl halides is 3. The van der Waals surface area contributed by atoms with Crippen LogP contribution in [0.3, 0.4) is 0 Å². The van der Waals surface area contributed by atoms with Crippen LogP contribution in [0.4, 0.5) is 13.2 Å². The Bertz CT molecular complexity index is 1350. The summed E-state index contributed by atoms with van der Waals surface area (Å²) in [5, 5.41) is 12.8. The van der Waals surface area contributed by atoms with Crippen molar-refractivity contribution in [1.29, 1.82) is 5.26 Å². The lowest BCUT2D eigenvalue weighted by molar-refractivity contribution is -0.169. The summed E-state index contributed by atoms with van der Waals surface area (Å²) in [6.07, 6.45) is 3.84. The highest BCUT2D eigenvalue weighted by Gasteiger charge is 2.72. The predicted octanol–water partition coefficient (Wildman–Crippen LogP) is 6.78. The monoisotopic (exact) mass is 570 g/mol. The molecule has 6 aliphatic carbocycles. The molecule has 0 saturated heterocycles. The fourth-order valence-electron chi connectivity index (χ4n) is 10.7. The lowest BCUT2D eigenvalue weighted by Crippen LogP contribution is -2.69. The maximum atomic E-state index is 14.4. The van der Waals surface area contributed by atoms with Crippen molar-refractivity contribution in [2.24, 2.45) is 44.8 Å². The standard InChI is InChI=1S/C33H41F3N2O3/c1-27(2)8-12-32(38-24(40)17-33(34,35)36)13-9-30(5)25(20(32)16-27)21(39)14-23-28(3)15-19(18-37)26(41)31(10-11-31)22(28)6-7-29(23,30)4/h14-15,20,22,25H,6-13,16-17H2,1-5H3,(H,38,40)/t20-,22+,25-,28-,29+,30+,32-/m0/s1. The summed E-state index contributed by atoms with van der Waals surface area (Å²) >= 11 is 0. The van der Waals surface area contributed by atoms with Crippen molar-refractivity contribution in [1.82, 2.24) is 5.32 Å². The molecule has 0 radical (unpaired) electrons. The third kappa shape index (κ3) is 3.82. The van der Waals surface area contributed by atoms with Crippen LogP contribution >= 0.6 is 0 Å². The van der Waals surface area contributed by atoms with Crippen LogP contribution in [0.2, 0.25) is 0 Å². The Hall–Kier alpha value is -2.43. The second kappa shape index (κ2) is 8.35. The molecule has 4 fully saturated rings. The summed E-state index contributed by atoms with van der Waals surface area (Å²) in [5.41, 5.74) is -1.70. The lowest BCUT2D eigenvalue weighted by Gasteiger charge is -2.69. The van der Waals surface area contributed by atoms with Crippen molar-refractivity contribution in [2.45, 2.75) is 111 Å². The highest BCUT2D eigenvalue weighted by atomic mass is 19.4. The van der Waals surface area contributed by atoms with E-state index < -0.39 is 51.6 Å². The fourth-order valence-corrected chi connectivity index (χ4v) is 10.7. The molecule has 4 saturated carbocycles. The van der Waals surface area contributed by atoms with Gasteiger partial charge >= 0.3 is 6.18 Å². The van der Waals surface area contributed by atoms with Crippen molar-refractivity contribution in [3.8, 4) is 6.07 Å². The number of rotatable bonds is 2. The van der Waals surface area contributed by atoms with Crippen molar-refractivity contribution < 1.29 is 27.6 Å². The molecule has 0 aromatic heterocycles. The average Bonchev–Trinajstić information content (AvgIpc) is 3.64. The van der Waals surface area contributed by atoms with Crippen molar-refractivity contribution in [3.63, 3.8) is 0 Å². The minimum atomic E-state index is -4.59. The molecule has 1 N–H and O–H groups in total. The van der Waals surface area contributed by atoms with Gasteiger partial charge in [0.25, 0.3) is 0 Å². The SMILES string of the molecule is CC1(C)CC[C@]2(NC(=O)CC(F)(F)F)CC[C@]3(C)[C@H](C(=O)C=C4[C@@]5(C)C=C(C#N)C(=O)C6(CC6)[C@@H]5CC[C@]43C)[C@@H]2C1. The van der Waals surface area contributed by atoms with Crippen molar-refractivity contribution >= 4 is 17.5 Å². The molecule has 1 amide bonds. The highest BCUT2D eigenvalue weighted by Crippen LogP contribution is 2.76. The largest absolute Gasteiger partial charge is 0.397 e. The molecular weight excluding hydrogens is 529 g/mol. The molecule has 0 aliphatic heterocycles. The van der Waals surface area contributed by atoms with Gasteiger partial charge in [-0.3, -0.25) is 14.4 Å².